The standard InChI is InChI=1S/C28H38N2O3/c1-22-14-18-30(19-15-22)20-21-33-26-12-8-24(9-13-26)29-27(31)28(16-4-3-5-17-28)23-6-10-25(32-2)11-7-23/h6-13,22H,3-5,14-21H2,1-2H3,(H,29,31). The van der Waals surface area contributed by atoms with E-state index in [0.29, 0.717) is 6.61 Å². The Morgan fingerprint density at radius 3 is 2.24 bits per heavy atom. The van der Waals surface area contributed by atoms with E-state index in [1.54, 1.807) is 7.11 Å². The molecule has 0 radical (unpaired) electrons. The second-order valence-electron chi connectivity index (χ2n) is 9.72. The number of piperidine rings is 1. The largest absolute Gasteiger partial charge is 0.497 e. The number of likely N-dealkylation sites (tertiary alicyclic amines) is 1. The fourth-order valence-corrected chi connectivity index (χ4v) is 5.18. The third kappa shape index (κ3) is 5.89. The van der Waals surface area contributed by atoms with Crippen molar-refractivity contribution in [1.29, 1.82) is 0 Å². The molecule has 5 nitrogen and oxygen atoms in total. The fraction of sp³-hybridized carbons (Fsp3) is 0.536. The summed E-state index contributed by atoms with van der Waals surface area (Å²) in [6.07, 6.45) is 7.65. The van der Waals surface area contributed by atoms with E-state index in [1.165, 1.54) is 32.4 Å². The molecule has 33 heavy (non-hydrogen) atoms. The Labute approximate surface area is 198 Å². The molecule has 0 atom stereocenters. The molecule has 4 rings (SSSR count). The Morgan fingerprint density at radius 2 is 1.61 bits per heavy atom. The minimum absolute atomic E-state index is 0.0837. The van der Waals surface area contributed by atoms with Gasteiger partial charge in [-0.1, -0.05) is 38.3 Å². The molecule has 1 saturated heterocycles. The number of ether oxygens (including phenoxy) is 2. The van der Waals surface area contributed by atoms with E-state index >= 15 is 0 Å². The number of hydrogen-bond donors (Lipinski definition) is 1. The Hall–Kier alpha value is -2.53. The van der Waals surface area contributed by atoms with E-state index in [4.69, 9.17) is 9.47 Å². The van der Waals surface area contributed by atoms with Crippen LogP contribution in [0.5, 0.6) is 11.5 Å². The molecule has 1 N–H and O–H groups in total. The molecule has 0 unspecified atom stereocenters. The molecule has 0 bridgehead atoms. The first-order valence-corrected chi connectivity index (χ1v) is 12.5. The normalized spacial score (nSPS) is 19.1. The van der Waals surface area contributed by atoms with E-state index in [2.05, 4.69) is 17.1 Å². The Balaban J connectivity index is 1.35. The van der Waals surface area contributed by atoms with Crippen LogP contribution < -0.4 is 14.8 Å². The molecule has 0 aromatic heterocycles. The number of anilines is 1. The first-order chi connectivity index (χ1) is 16.1. The van der Waals surface area contributed by atoms with Gasteiger partial charge in [0.05, 0.1) is 12.5 Å². The van der Waals surface area contributed by atoms with Crippen molar-refractivity contribution in [2.45, 2.75) is 57.3 Å². The summed E-state index contributed by atoms with van der Waals surface area (Å²) in [5.74, 6) is 2.60. The van der Waals surface area contributed by atoms with Gasteiger partial charge in [0.15, 0.2) is 0 Å². The van der Waals surface area contributed by atoms with Crippen LogP contribution in [0.1, 0.15) is 57.4 Å². The highest BCUT2D eigenvalue weighted by atomic mass is 16.5. The zero-order valence-corrected chi connectivity index (χ0v) is 20.1. The summed E-state index contributed by atoms with van der Waals surface area (Å²) >= 11 is 0. The third-order valence-corrected chi connectivity index (χ3v) is 7.45. The summed E-state index contributed by atoms with van der Waals surface area (Å²) in [6, 6.07) is 15.8. The van der Waals surface area contributed by atoms with Crippen LogP contribution in [0.2, 0.25) is 0 Å². The number of amides is 1. The molecule has 1 amide bonds. The van der Waals surface area contributed by atoms with Crippen molar-refractivity contribution >= 4 is 11.6 Å². The highest BCUT2D eigenvalue weighted by Gasteiger charge is 2.41. The van der Waals surface area contributed by atoms with Gasteiger partial charge in [-0.15, -0.1) is 0 Å². The summed E-state index contributed by atoms with van der Waals surface area (Å²) in [5.41, 5.74) is 1.41. The lowest BCUT2D eigenvalue weighted by atomic mass is 9.68. The smallest absolute Gasteiger partial charge is 0.235 e. The number of carbonyl (C=O) groups is 1. The molecular weight excluding hydrogens is 412 g/mol. The zero-order valence-electron chi connectivity index (χ0n) is 20.1. The maximum Gasteiger partial charge on any atom is 0.235 e. The second kappa shape index (κ2) is 11.1. The molecule has 2 aromatic rings. The highest BCUT2D eigenvalue weighted by molar-refractivity contribution is 5.99. The average Bonchev–Trinajstić information content (AvgIpc) is 2.87. The van der Waals surface area contributed by atoms with Crippen LogP contribution in [-0.4, -0.2) is 44.2 Å². The lowest BCUT2D eigenvalue weighted by Crippen LogP contribution is -2.42. The molecular formula is C28H38N2O3. The number of rotatable bonds is 8. The fourth-order valence-electron chi connectivity index (χ4n) is 5.18. The first-order valence-electron chi connectivity index (χ1n) is 12.5. The van der Waals surface area contributed by atoms with Crippen LogP contribution in [0, 0.1) is 5.92 Å². The van der Waals surface area contributed by atoms with Crippen molar-refractivity contribution in [2.75, 3.05) is 38.7 Å². The summed E-state index contributed by atoms with van der Waals surface area (Å²) in [6.45, 7) is 6.34. The van der Waals surface area contributed by atoms with E-state index in [-0.39, 0.29) is 5.91 Å². The summed E-state index contributed by atoms with van der Waals surface area (Å²) in [5, 5.41) is 3.18. The van der Waals surface area contributed by atoms with Gasteiger partial charge in [0.25, 0.3) is 0 Å². The molecule has 2 aliphatic rings. The van der Waals surface area contributed by atoms with Gasteiger partial charge in [-0.3, -0.25) is 9.69 Å². The van der Waals surface area contributed by atoms with Gasteiger partial charge in [-0.25, -0.2) is 0 Å². The number of nitrogens with zero attached hydrogens (tertiary/aromatic N) is 1. The predicted molar refractivity (Wildman–Crippen MR) is 133 cm³/mol. The number of hydrogen-bond acceptors (Lipinski definition) is 4. The van der Waals surface area contributed by atoms with Crippen molar-refractivity contribution in [1.82, 2.24) is 4.90 Å². The molecule has 0 spiro atoms. The minimum atomic E-state index is -0.481. The number of methoxy groups -OCH3 is 1. The van der Waals surface area contributed by atoms with Gasteiger partial charge >= 0.3 is 0 Å². The van der Waals surface area contributed by atoms with E-state index < -0.39 is 5.41 Å². The van der Waals surface area contributed by atoms with Crippen molar-refractivity contribution in [2.24, 2.45) is 5.92 Å². The van der Waals surface area contributed by atoms with Crippen LogP contribution >= 0.6 is 0 Å². The van der Waals surface area contributed by atoms with Crippen LogP contribution in [0.15, 0.2) is 48.5 Å². The maximum atomic E-state index is 13.5. The second-order valence-corrected chi connectivity index (χ2v) is 9.72. The van der Waals surface area contributed by atoms with Gasteiger partial charge in [0.2, 0.25) is 5.91 Å². The summed E-state index contributed by atoms with van der Waals surface area (Å²) in [4.78, 5) is 16.0. The van der Waals surface area contributed by atoms with E-state index in [9.17, 15) is 4.79 Å². The van der Waals surface area contributed by atoms with Crippen molar-refractivity contribution in [3.8, 4) is 11.5 Å². The first kappa shape index (κ1) is 23.6. The summed E-state index contributed by atoms with van der Waals surface area (Å²) in [7, 11) is 1.67. The Bertz CT molecular complexity index is 880. The predicted octanol–water partition coefficient (Wildman–Crippen LogP) is 5.65. The van der Waals surface area contributed by atoms with Crippen LogP contribution in [-0.2, 0) is 10.2 Å². The van der Waals surface area contributed by atoms with Gasteiger partial charge < -0.3 is 14.8 Å². The van der Waals surface area contributed by atoms with Crippen molar-refractivity contribution < 1.29 is 14.3 Å². The molecule has 1 aliphatic carbocycles. The van der Waals surface area contributed by atoms with E-state index in [1.807, 2.05) is 48.5 Å². The lowest BCUT2D eigenvalue weighted by Gasteiger charge is -2.36. The molecule has 1 heterocycles. The van der Waals surface area contributed by atoms with E-state index in [0.717, 1.165) is 60.9 Å². The maximum absolute atomic E-state index is 13.5. The van der Waals surface area contributed by atoms with Gasteiger partial charge in [0, 0.05) is 12.2 Å². The van der Waals surface area contributed by atoms with Crippen LogP contribution in [0.4, 0.5) is 5.69 Å². The van der Waals surface area contributed by atoms with Gasteiger partial charge in [0.1, 0.15) is 18.1 Å². The lowest BCUT2D eigenvalue weighted by molar-refractivity contribution is -0.122. The molecule has 2 aromatic carbocycles. The van der Waals surface area contributed by atoms with Gasteiger partial charge in [-0.05, 0) is 86.7 Å². The molecule has 1 aliphatic heterocycles. The Kier molecular flexibility index (Phi) is 7.92. The Morgan fingerprint density at radius 1 is 0.970 bits per heavy atom. The monoisotopic (exact) mass is 450 g/mol. The molecule has 1 saturated carbocycles. The minimum Gasteiger partial charge on any atom is -0.497 e. The summed E-state index contributed by atoms with van der Waals surface area (Å²) < 4.78 is 11.3. The van der Waals surface area contributed by atoms with Crippen LogP contribution in [0.3, 0.4) is 0 Å². The van der Waals surface area contributed by atoms with Gasteiger partial charge in [-0.2, -0.15) is 0 Å². The zero-order chi connectivity index (χ0) is 23.1. The van der Waals surface area contributed by atoms with Crippen LogP contribution in [0.25, 0.3) is 0 Å². The number of benzene rings is 2. The number of nitrogens with one attached hydrogen (secondary N) is 1. The SMILES string of the molecule is COc1ccc(C2(C(=O)Nc3ccc(OCCN4CCC(C)CC4)cc3)CCCCC2)cc1. The number of carbonyl (C=O) groups excluding carboxylic acids is 1. The average molecular weight is 451 g/mol. The van der Waals surface area contributed by atoms with Crippen molar-refractivity contribution in [3.05, 3.63) is 54.1 Å². The van der Waals surface area contributed by atoms with Crippen molar-refractivity contribution in [3.63, 3.8) is 0 Å². The molecule has 5 heteroatoms. The topological polar surface area (TPSA) is 50.8 Å². The quantitative estimate of drug-likeness (QED) is 0.565. The third-order valence-electron chi connectivity index (χ3n) is 7.45. The molecule has 2 fully saturated rings. The highest BCUT2D eigenvalue weighted by Crippen LogP contribution is 2.41. The molecule has 178 valence electrons.